The first kappa shape index (κ1) is 18.7. The molecular formula is C20H20N2O4S. The van der Waals surface area contributed by atoms with Gasteiger partial charge in [-0.3, -0.25) is 4.31 Å². The number of fused-ring (bicyclic) bond motifs is 1. The number of sulfonamides is 1. The van der Waals surface area contributed by atoms with E-state index in [9.17, 15) is 13.2 Å². The lowest BCUT2D eigenvalue weighted by molar-refractivity contribution is 0.0697. The molecule has 0 atom stereocenters. The molecule has 7 heteroatoms. The van der Waals surface area contributed by atoms with Gasteiger partial charge in [0.25, 0.3) is 10.0 Å². The highest BCUT2D eigenvalue weighted by atomic mass is 32.2. The molecule has 3 aromatic carbocycles. The summed E-state index contributed by atoms with van der Waals surface area (Å²) >= 11 is 0. The molecule has 0 aliphatic heterocycles. The van der Waals surface area contributed by atoms with Gasteiger partial charge in [0, 0.05) is 37.6 Å². The Morgan fingerprint density at radius 2 is 1.52 bits per heavy atom. The van der Waals surface area contributed by atoms with Gasteiger partial charge in [0.2, 0.25) is 0 Å². The quantitative estimate of drug-likeness (QED) is 0.729. The van der Waals surface area contributed by atoms with E-state index in [-0.39, 0.29) is 16.1 Å². The maximum Gasteiger partial charge on any atom is 0.335 e. The van der Waals surface area contributed by atoms with Crippen molar-refractivity contribution in [2.24, 2.45) is 0 Å². The molecule has 0 unspecified atom stereocenters. The molecule has 0 heterocycles. The molecule has 0 saturated heterocycles. The summed E-state index contributed by atoms with van der Waals surface area (Å²) in [4.78, 5) is 13.3. The Morgan fingerprint density at radius 3 is 2.19 bits per heavy atom. The summed E-state index contributed by atoms with van der Waals surface area (Å²) in [6.45, 7) is 0. The molecular weight excluding hydrogens is 364 g/mol. The smallest absolute Gasteiger partial charge is 0.335 e. The molecule has 0 aliphatic carbocycles. The lowest BCUT2D eigenvalue weighted by Gasteiger charge is -2.22. The molecule has 27 heavy (non-hydrogen) atoms. The number of carboxylic acids is 1. The predicted molar refractivity (Wildman–Crippen MR) is 107 cm³/mol. The normalized spacial score (nSPS) is 11.4. The van der Waals surface area contributed by atoms with Gasteiger partial charge in [0.15, 0.2) is 0 Å². The van der Waals surface area contributed by atoms with E-state index in [4.69, 9.17) is 5.11 Å². The van der Waals surface area contributed by atoms with Crippen molar-refractivity contribution in [2.45, 2.75) is 4.90 Å². The molecule has 0 radical (unpaired) electrons. The van der Waals surface area contributed by atoms with Gasteiger partial charge in [-0.05, 0) is 30.3 Å². The average Bonchev–Trinajstić information content (AvgIpc) is 2.66. The first-order valence-corrected chi connectivity index (χ1v) is 9.69. The van der Waals surface area contributed by atoms with E-state index in [1.54, 1.807) is 24.3 Å². The standard InChI is InChI=1S/C20H20N2O4S/c1-21(2)18-11-5-10-17-16(18)9-6-12-19(17)27(25,26)22(3)15-8-4-7-14(13-15)20(23)24/h4-13H,1-3H3,(H,23,24). The number of carboxylic acid groups (broad SMARTS) is 1. The van der Waals surface area contributed by atoms with Crippen molar-refractivity contribution in [3.63, 3.8) is 0 Å². The van der Waals surface area contributed by atoms with Crippen LogP contribution in [0.1, 0.15) is 10.4 Å². The minimum atomic E-state index is -3.88. The molecule has 0 spiro atoms. The molecule has 6 nitrogen and oxygen atoms in total. The maximum atomic E-state index is 13.3. The number of hydrogen-bond donors (Lipinski definition) is 1. The monoisotopic (exact) mass is 384 g/mol. The van der Waals surface area contributed by atoms with Gasteiger partial charge >= 0.3 is 5.97 Å². The Hall–Kier alpha value is -3.06. The molecule has 3 rings (SSSR count). The van der Waals surface area contributed by atoms with Crippen LogP contribution in [-0.2, 0) is 10.0 Å². The first-order chi connectivity index (χ1) is 12.7. The lowest BCUT2D eigenvalue weighted by Crippen LogP contribution is -2.27. The largest absolute Gasteiger partial charge is 0.478 e. The molecule has 0 fully saturated rings. The van der Waals surface area contributed by atoms with Gasteiger partial charge in [0.05, 0.1) is 16.1 Å². The third-order valence-electron chi connectivity index (χ3n) is 4.44. The van der Waals surface area contributed by atoms with Crippen molar-refractivity contribution in [2.75, 3.05) is 30.3 Å². The summed E-state index contributed by atoms with van der Waals surface area (Å²) in [5.41, 5.74) is 1.23. The molecule has 0 bridgehead atoms. The molecule has 0 amide bonds. The second kappa shape index (κ2) is 6.92. The molecule has 1 N–H and O–H groups in total. The van der Waals surface area contributed by atoms with Crippen molar-refractivity contribution >= 4 is 38.1 Å². The lowest BCUT2D eigenvalue weighted by atomic mass is 10.1. The van der Waals surface area contributed by atoms with Gasteiger partial charge in [-0.15, -0.1) is 0 Å². The number of carbonyl (C=O) groups is 1. The maximum absolute atomic E-state index is 13.3. The van der Waals surface area contributed by atoms with Gasteiger partial charge in [-0.1, -0.05) is 30.3 Å². The highest BCUT2D eigenvalue weighted by molar-refractivity contribution is 7.93. The number of aromatic carboxylic acids is 1. The zero-order valence-corrected chi connectivity index (χ0v) is 16.1. The fourth-order valence-electron chi connectivity index (χ4n) is 3.00. The summed E-state index contributed by atoms with van der Waals surface area (Å²) in [6, 6.07) is 16.5. The van der Waals surface area contributed by atoms with Gasteiger partial charge in [-0.2, -0.15) is 0 Å². The fraction of sp³-hybridized carbons (Fsp3) is 0.150. The molecule has 0 saturated carbocycles. The van der Waals surface area contributed by atoms with E-state index in [0.717, 1.165) is 15.4 Å². The van der Waals surface area contributed by atoms with Crippen LogP contribution >= 0.6 is 0 Å². The third-order valence-corrected chi connectivity index (χ3v) is 6.28. The van der Waals surface area contributed by atoms with Crippen molar-refractivity contribution in [3.05, 3.63) is 66.2 Å². The zero-order chi connectivity index (χ0) is 19.8. The highest BCUT2D eigenvalue weighted by Gasteiger charge is 2.24. The van der Waals surface area contributed by atoms with Crippen molar-refractivity contribution in [1.29, 1.82) is 0 Å². The number of anilines is 2. The summed E-state index contributed by atoms with van der Waals surface area (Å²) in [6.07, 6.45) is 0. The SMILES string of the molecule is CN(C)c1cccc2c(S(=O)(=O)N(C)c3cccc(C(=O)O)c3)cccc12. The Kier molecular flexibility index (Phi) is 4.80. The van der Waals surface area contributed by atoms with E-state index in [1.807, 2.05) is 37.2 Å². The third kappa shape index (κ3) is 3.33. The van der Waals surface area contributed by atoms with Crippen LogP contribution in [0.5, 0.6) is 0 Å². The minimum Gasteiger partial charge on any atom is -0.478 e. The van der Waals surface area contributed by atoms with Crippen molar-refractivity contribution < 1.29 is 18.3 Å². The van der Waals surface area contributed by atoms with Crippen LogP contribution in [0.4, 0.5) is 11.4 Å². The van der Waals surface area contributed by atoms with Crippen molar-refractivity contribution in [1.82, 2.24) is 0 Å². The van der Waals surface area contributed by atoms with Gasteiger partial charge in [0.1, 0.15) is 0 Å². The van der Waals surface area contributed by atoms with Crippen LogP contribution in [0.25, 0.3) is 10.8 Å². The van der Waals surface area contributed by atoms with Crippen LogP contribution < -0.4 is 9.21 Å². The van der Waals surface area contributed by atoms with Gasteiger partial charge < -0.3 is 10.0 Å². The van der Waals surface area contributed by atoms with Crippen LogP contribution in [0.15, 0.2) is 65.6 Å². The van der Waals surface area contributed by atoms with Crippen LogP contribution in [0, 0.1) is 0 Å². The van der Waals surface area contributed by atoms with E-state index in [0.29, 0.717) is 5.39 Å². The summed E-state index contributed by atoms with van der Waals surface area (Å²) in [5.74, 6) is -1.11. The summed E-state index contributed by atoms with van der Waals surface area (Å²) < 4.78 is 27.7. The fourth-order valence-corrected chi connectivity index (χ4v) is 4.39. The molecule has 0 aliphatic rings. The number of rotatable bonds is 5. The topological polar surface area (TPSA) is 77.9 Å². The Morgan fingerprint density at radius 1 is 0.889 bits per heavy atom. The van der Waals surface area contributed by atoms with E-state index in [1.165, 1.54) is 25.2 Å². The first-order valence-electron chi connectivity index (χ1n) is 8.25. The number of hydrogen-bond acceptors (Lipinski definition) is 4. The van der Waals surface area contributed by atoms with Crippen LogP contribution in [-0.4, -0.2) is 40.6 Å². The Labute approximate surface area is 158 Å². The van der Waals surface area contributed by atoms with Crippen LogP contribution in [0.2, 0.25) is 0 Å². The molecule has 3 aromatic rings. The van der Waals surface area contributed by atoms with Crippen molar-refractivity contribution in [3.8, 4) is 0 Å². The van der Waals surface area contributed by atoms with E-state index in [2.05, 4.69) is 0 Å². The molecule has 140 valence electrons. The van der Waals surface area contributed by atoms with Crippen LogP contribution in [0.3, 0.4) is 0 Å². The average molecular weight is 384 g/mol. The molecule has 0 aromatic heterocycles. The highest BCUT2D eigenvalue weighted by Crippen LogP contribution is 2.32. The van der Waals surface area contributed by atoms with E-state index >= 15 is 0 Å². The predicted octanol–water partition coefficient (Wildman–Crippen LogP) is 3.43. The second-order valence-electron chi connectivity index (χ2n) is 6.35. The Balaban J connectivity index is 2.17. The second-order valence-corrected chi connectivity index (χ2v) is 8.29. The van der Waals surface area contributed by atoms with Gasteiger partial charge in [-0.25, -0.2) is 13.2 Å². The minimum absolute atomic E-state index is 0.0300. The Bertz CT molecular complexity index is 1120. The summed E-state index contributed by atoms with van der Waals surface area (Å²) in [5, 5.41) is 10.6. The summed E-state index contributed by atoms with van der Waals surface area (Å²) in [7, 11) is 1.34. The number of nitrogens with zero attached hydrogens (tertiary/aromatic N) is 2. The van der Waals surface area contributed by atoms with E-state index < -0.39 is 16.0 Å². The number of benzene rings is 3. The zero-order valence-electron chi connectivity index (χ0n) is 15.2.